The zero-order chi connectivity index (χ0) is 14.3. The molecule has 3 nitrogen and oxygen atoms in total. The van der Waals surface area contributed by atoms with Crippen molar-refractivity contribution in [2.24, 2.45) is 23.0 Å². The van der Waals surface area contributed by atoms with E-state index in [9.17, 15) is 4.79 Å². The van der Waals surface area contributed by atoms with Gasteiger partial charge >= 0.3 is 5.97 Å². The van der Waals surface area contributed by atoms with E-state index >= 15 is 0 Å². The number of esters is 1. The molecule has 0 spiro atoms. The van der Waals surface area contributed by atoms with Crippen molar-refractivity contribution in [3.05, 3.63) is 0 Å². The van der Waals surface area contributed by atoms with Crippen LogP contribution in [0.4, 0.5) is 0 Å². The second-order valence-electron chi connectivity index (χ2n) is 6.99. The minimum absolute atomic E-state index is 0.0365. The maximum atomic E-state index is 11.7. The van der Waals surface area contributed by atoms with Crippen LogP contribution in [0.1, 0.15) is 65.7 Å². The van der Waals surface area contributed by atoms with E-state index < -0.39 is 0 Å². The molecule has 2 N–H and O–H groups in total. The number of rotatable bonds is 8. The highest BCUT2D eigenvalue weighted by molar-refractivity contribution is 5.69. The van der Waals surface area contributed by atoms with E-state index in [0.29, 0.717) is 25.5 Å². The van der Waals surface area contributed by atoms with Gasteiger partial charge in [0.05, 0.1) is 6.61 Å². The van der Waals surface area contributed by atoms with Crippen LogP contribution in [0.5, 0.6) is 0 Å². The molecule has 0 heterocycles. The number of hydrogen-bond acceptors (Lipinski definition) is 3. The average Bonchev–Trinajstić information content (AvgIpc) is 2.26. The van der Waals surface area contributed by atoms with E-state index in [-0.39, 0.29) is 11.4 Å². The van der Waals surface area contributed by atoms with Gasteiger partial charge in [-0.15, -0.1) is 0 Å². The van der Waals surface area contributed by atoms with E-state index in [4.69, 9.17) is 10.5 Å². The molecular formula is C16H31NO2. The van der Waals surface area contributed by atoms with Crippen LogP contribution < -0.4 is 5.73 Å². The Kier molecular flexibility index (Phi) is 6.84. The predicted octanol–water partition coefficient (Wildman–Crippen LogP) is 3.51. The Morgan fingerprint density at radius 3 is 2.47 bits per heavy atom. The first kappa shape index (κ1) is 16.5. The Labute approximate surface area is 118 Å². The fourth-order valence-electron chi connectivity index (χ4n) is 2.70. The third-order valence-electron chi connectivity index (χ3n) is 4.45. The Morgan fingerprint density at radius 2 is 2.00 bits per heavy atom. The van der Waals surface area contributed by atoms with Gasteiger partial charge in [0, 0.05) is 6.42 Å². The molecule has 0 aliphatic heterocycles. The van der Waals surface area contributed by atoms with Gasteiger partial charge in [-0.1, -0.05) is 40.0 Å². The molecule has 1 saturated carbocycles. The van der Waals surface area contributed by atoms with Crippen LogP contribution in [0.2, 0.25) is 0 Å². The minimum Gasteiger partial charge on any atom is -0.466 e. The van der Waals surface area contributed by atoms with Gasteiger partial charge in [0.25, 0.3) is 0 Å². The number of carbonyl (C=O) groups excluding carboxylic acids is 1. The normalized spacial score (nSPS) is 17.9. The summed E-state index contributed by atoms with van der Waals surface area (Å²) in [5, 5.41) is 0. The van der Waals surface area contributed by atoms with Gasteiger partial charge in [0.15, 0.2) is 0 Å². The summed E-state index contributed by atoms with van der Waals surface area (Å²) in [5.41, 5.74) is 5.87. The lowest BCUT2D eigenvalue weighted by Crippen LogP contribution is -2.24. The van der Waals surface area contributed by atoms with Gasteiger partial charge in [-0.25, -0.2) is 0 Å². The lowest BCUT2D eigenvalue weighted by molar-refractivity contribution is -0.144. The van der Waals surface area contributed by atoms with Crippen LogP contribution >= 0.6 is 0 Å². The highest BCUT2D eigenvalue weighted by Gasteiger charge is 2.24. The van der Waals surface area contributed by atoms with Crippen molar-refractivity contribution < 1.29 is 9.53 Å². The lowest BCUT2D eigenvalue weighted by Gasteiger charge is -2.30. The summed E-state index contributed by atoms with van der Waals surface area (Å²) in [6.45, 7) is 7.96. The standard InChI is InChI=1S/C16H31NO2/c1-16(2,3)14(9-11-17)7-8-15(18)19-12-10-13-5-4-6-13/h13-14H,4-12,17H2,1-3H3. The second-order valence-corrected chi connectivity index (χ2v) is 6.99. The Morgan fingerprint density at radius 1 is 1.32 bits per heavy atom. The molecule has 0 aromatic carbocycles. The molecule has 0 bridgehead atoms. The molecule has 19 heavy (non-hydrogen) atoms. The van der Waals surface area contributed by atoms with Gasteiger partial charge in [-0.3, -0.25) is 4.79 Å². The van der Waals surface area contributed by atoms with Crippen LogP contribution in [0.25, 0.3) is 0 Å². The molecule has 1 rings (SSSR count). The SMILES string of the molecule is CC(C)(C)C(CCN)CCC(=O)OCCC1CCC1. The fourth-order valence-corrected chi connectivity index (χ4v) is 2.70. The van der Waals surface area contributed by atoms with Gasteiger partial charge < -0.3 is 10.5 Å². The molecule has 0 radical (unpaired) electrons. The highest BCUT2D eigenvalue weighted by Crippen LogP contribution is 2.32. The first-order valence-electron chi connectivity index (χ1n) is 7.79. The van der Waals surface area contributed by atoms with Gasteiger partial charge in [0.1, 0.15) is 0 Å². The molecule has 1 unspecified atom stereocenters. The molecule has 0 aromatic rings. The first-order chi connectivity index (χ1) is 8.93. The Balaban J connectivity index is 2.15. The van der Waals surface area contributed by atoms with Crippen LogP contribution in [0, 0.1) is 17.3 Å². The third kappa shape index (κ3) is 6.42. The molecule has 0 saturated heterocycles. The number of carbonyl (C=O) groups is 1. The quantitative estimate of drug-likeness (QED) is 0.686. The molecule has 3 heteroatoms. The van der Waals surface area contributed by atoms with Crippen molar-refractivity contribution in [2.45, 2.75) is 65.7 Å². The van der Waals surface area contributed by atoms with E-state index in [2.05, 4.69) is 20.8 Å². The molecule has 1 atom stereocenters. The monoisotopic (exact) mass is 269 g/mol. The molecule has 1 aliphatic carbocycles. The molecule has 1 fully saturated rings. The van der Waals surface area contributed by atoms with E-state index in [1.165, 1.54) is 19.3 Å². The van der Waals surface area contributed by atoms with Crippen molar-refractivity contribution in [3.8, 4) is 0 Å². The zero-order valence-electron chi connectivity index (χ0n) is 12.9. The summed E-state index contributed by atoms with van der Waals surface area (Å²) < 4.78 is 5.32. The fraction of sp³-hybridized carbons (Fsp3) is 0.938. The second kappa shape index (κ2) is 7.88. The molecule has 1 aliphatic rings. The van der Waals surface area contributed by atoms with Crippen LogP contribution in [-0.4, -0.2) is 19.1 Å². The van der Waals surface area contributed by atoms with Crippen LogP contribution in [0.3, 0.4) is 0 Å². The summed E-state index contributed by atoms with van der Waals surface area (Å²) in [5.74, 6) is 1.27. The van der Waals surface area contributed by atoms with E-state index in [1.807, 2.05) is 0 Å². The molecule has 0 amide bonds. The maximum absolute atomic E-state index is 11.7. The Hall–Kier alpha value is -0.570. The van der Waals surface area contributed by atoms with Crippen molar-refractivity contribution in [1.82, 2.24) is 0 Å². The van der Waals surface area contributed by atoms with Crippen molar-refractivity contribution in [2.75, 3.05) is 13.2 Å². The third-order valence-corrected chi connectivity index (χ3v) is 4.45. The van der Waals surface area contributed by atoms with Crippen molar-refractivity contribution in [1.29, 1.82) is 0 Å². The minimum atomic E-state index is -0.0365. The van der Waals surface area contributed by atoms with E-state index in [0.717, 1.165) is 25.2 Å². The highest BCUT2D eigenvalue weighted by atomic mass is 16.5. The zero-order valence-corrected chi connectivity index (χ0v) is 12.9. The predicted molar refractivity (Wildman–Crippen MR) is 78.8 cm³/mol. The summed E-state index contributed by atoms with van der Waals surface area (Å²) in [6.07, 6.45) is 7.46. The lowest BCUT2D eigenvalue weighted by atomic mass is 9.76. The smallest absolute Gasteiger partial charge is 0.305 e. The van der Waals surface area contributed by atoms with E-state index in [1.54, 1.807) is 0 Å². The summed E-state index contributed by atoms with van der Waals surface area (Å²) >= 11 is 0. The Bertz CT molecular complexity index is 266. The topological polar surface area (TPSA) is 52.3 Å². The van der Waals surface area contributed by atoms with Crippen LogP contribution in [-0.2, 0) is 9.53 Å². The number of hydrogen-bond donors (Lipinski definition) is 1. The van der Waals surface area contributed by atoms with Gasteiger partial charge in [-0.05, 0) is 43.1 Å². The van der Waals surface area contributed by atoms with Crippen molar-refractivity contribution in [3.63, 3.8) is 0 Å². The molecular weight excluding hydrogens is 238 g/mol. The summed E-state index contributed by atoms with van der Waals surface area (Å²) in [6, 6.07) is 0. The molecule has 112 valence electrons. The van der Waals surface area contributed by atoms with Gasteiger partial charge in [0.2, 0.25) is 0 Å². The first-order valence-corrected chi connectivity index (χ1v) is 7.79. The largest absolute Gasteiger partial charge is 0.466 e. The van der Waals surface area contributed by atoms with Crippen LogP contribution in [0.15, 0.2) is 0 Å². The average molecular weight is 269 g/mol. The van der Waals surface area contributed by atoms with Gasteiger partial charge in [-0.2, -0.15) is 0 Å². The van der Waals surface area contributed by atoms with Crippen molar-refractivity contribution >= 4 is 5.97 Å². The summed E-state index contributed by atoms with van der Waals surface area (Å²) in [7, 11) is 0. The number of ether oxygens (including phenoxy) is 1. The maximum Gasteiger partial charge on any atom is 0.305 e. The summed E-state index contributed by atoms with van der Waals surface area (Å²) in [4.78, 5) is 11.7. The number of nitrogens with two attached hydrogens (primary N) is 1. The molecule has 0 aromatic heterocycles.